The summed E-state index contributed by atoms with van der Waals surface area (Å²) in [6.07, 6.45) is 0. The molecule has 2 aromatic rings. The van der Waals surface area contributed by atoms with E-state index >= 15 is 0 Å². The molecular weight excluding hydrogens is 390 g/mol. The highest BCUT2D eigenvalue weighted by Crippen LogP contribution is 2.38. The number of thiocarbonyl (C=S) groups is 1. The zero-order chi connectivity index (χ0) is 21.3. The number of methoxy groups -OCH3 is 1. The fraction of sp³-hybridized carbons (Fsp3) is 0.238. The van der Waals surface area contributed by atoms with E-state index in [0.717, 1.165) is 16.8 Å². The molecule has 0 saturated heterocycles. The second-order valence-electron chi connectivity index (χ2n) is 6.81. The van der Waals surface area contributed by atoms with Crippen molar-refractivity contribution in [3.63, 3.8) is 0 Å². The minimum absolute atomic E-state index is 0.0952. The second kappa shape index (κ2) is 8.00. The number of hydrogen-bond acceptors (Lipinski definition) is 5. The van der Waals surface area contributed by atoms with Crippen LogP contribution in [0.1, 0.15) is 29.7 Å². The predicted molar refractivity (Wildman–Crippen MR) is 115 cm³/mol. The number of benzene rings is 2. The number of anilines is 1. The van der Waals surface area contributed by atoms with E-state index in [1.54, 1.807) is 30.0 Å². The molecule has 1 N–H and O–H groups in total. The van der Waals surface area contributed by atoms with E-state index in [1.165, 1.54) is 13.2 Å². The van der Waals surface area contributed by atoms with Gasteiger partial charge in [-0.2, -0.15) is 0 Å². The van der Waals surface area contributed by atoms with Crippen molar-refractivity contribution in [2.24, 2.45) is 0 Å². The first-order valence-corrected chi connectivity index (χ1v) is 9.37. The molecule has 0 fully saturated rings. The van der Waals surface area contributed by atoms with E-state index in [1.807, 2.05) is 32.0 Å². The van der Waals surface area contributed by atoms with Crippen LogP contribution in [-0.2, 0) is 9.53 Å². The lowest BCUT2D eigenvalue weighted by Gasteiger charge is -2.38. The molecule has 0 amide bonds. The van der Waals surface area contributed by atoms with Crippen LogP contribution in [0.2, 0.25) is 0 Å². The van der Waals surface area contributed by atoms with Crippen LogP contribution in [0.3, 0.4) is 0 Å². The van der Waals surface area contributed by atoms with Crippen LogP contribution in [0.4, 0.5) is 11.4 Å². The van der Waals surface area contributed by atoms with E-state index < -0.39 is 16.9 Å². The van der Waals surface area contributed by atoms with E-state index in [4.69, 9.17) is 17.0 Å². The largest absolute Gasteiger partial charge is 0.466 e. The van der Waals surface area contributed by atoms with Gasteiger partial charge in [-0.3, -0.25) is 15.0 Å². The molecule has 150 valence electrons. The van der Waals surface area contributed by atoms with Crippen LogP contribution in [0.25, 0.3) is 0 Å². The Labute approximate surface area is 174 Å². The molecule has 3 rings (SSSR count). The number of nitrogens with zero attached hydrogens (tertiary/aromatic N) is 2. The molecule has 7 nitrogen and oxygen atoms in total. The second-order valence-corrected chi connectivity index (χ2v) is 7.20. The normalized spacial score (nSPS) is 16.5. The highest BCUT2D eigenvalue weighted by molar-refractivity contribution is 7.80. The van der Waals surface area contributed by atoms with Crippen molar-refractivity contribution in [1.29, 1.82) is 0 Å². The summed E-state index contributed by atoms with van der Waals surface area (Å²) < 4.78 is 5.01. The molecule has 1 atom stereocenters. The number of aryl methyl sites for hydroxylation is 2. The Morgan fingerprint density at radius 2 is 1.90 bits per heavy atom. The Bertz CT molecular complexity index is 1050. The van der Waals surface area contributed by atoms with Crippen molar-refractivity contribution in [3.05, 3.63) is 80.5 Å². The number of nitro benzene ring substituents is 1. The average molecular weight is 411 g/mol. The summed E-state index contributed by atoms with van der Waals surface area (Å²) >= 11 is 5.61. The lowest BCUT2D eigenvalue weighted by molar-refractivity contribution is -0.385. The van der Waals surface area contributed by atoms with Crippen molar-refractivity contribution in [1.82, 2.24) is 5.32 Å². The molecule has 8 heteroatoms. The third-order valence-electron chi connectivity index (χ3n) is 4.94. The van der Waals surface area contributed by atoms with Crippen molar-refractivity contribution >= 4 is 34.7 Å². The van der Waals surface area contributed by atoms with Gasteiger partial charge in [-0.15, -0.1) is 0 Å². The number of carbonyl (C=O) groups is 1. The molecule has 29 heavy (non-hydrogen) atoms. The van der Waals surface area contributed by atoms with E-state index in [-0.39, 0.29) is 11.3 Å². The van der Waals surface area contributed by atoms with Crippen LogP contribution in [0.15, 0.2) is 53.7 Å². The SMILES string of the molecule is COC(=O)C1=C(C)N(c2cc(C)ccc2C)C(=S)NC1c1ccccc1[N+](=O)[O-]. The molecule has 1 heterocycles. The number of allylic oxidation sites excluding steroid dienone is 1. The Balaban J connectivity index is 2.24. The lowest BCUT2D eigenvalue weighted by Crippen LogP contribution is -2.48. The molecule has 0 bridgehead atoms. The van der Waals surface area contributed by atoms with Gasteiger partial charge in [0.25, 0.3) is 5.69 Å². The maximum atomic E-state index is 12.7. The van der Waals surface area contributed by atoms with Gasteiger partial charge in [-0.1, -0.05) is 24.3 Å². The smallest absolute Gasteiger partial charge is 0.337 e. The standard InChI is InChI=1S/C21H21N3O4S/c1-12-9-10-13(2)17(11-12)23-14(3)18(20(25)28-4)19(22-21(23)29)15-7-5-6-8-16(15)24(26)27/h5-11,19H,1-4H3,(H,22,29). The molecular formula is C21H21N3O4S. The number of ether oxygens (including phenoxy) is 1. The van der Waals surface area contributed by atoms with Gasteiger partial charge in [0.15, 0.2) is 5.11 Å². The van der Waals surface area contributed by atoms with Crippen molar-refractivity contribution in [2.45, 2.75) is 26.8 Å². The fourth-order valence-corrected chi connectivity index (χ4v) is 3.85. The maximum Gasteiger partial charge on any atom is 0.337 e. The summed E-state index contributed by atoms with van der Waals surface area (Å²) in [4.78, 5) is 25.6. The molecule has 2 aromatic carbocycles. The molecule has 0 aromatic heterocycles. The monoisotopic (exact) mass is 411 g/mol. The predicted octanol–water partition coefficient (Wildman–Crippen LogP) is 4.09. The third kappa shape index (κ3) is 3.71. The number of hydrogen-bond donors (Lipinski definition) is 1. The highest BCUT2D eigenvalue weighted by Gasteiger charge is 2.38. The summed E-state index contributed by atoms with van der Waals surface area (Å²) in [6, 6.07) is 11.4. The lowest BCUT2D eigenvalue weighted by atomic mass is 9.93. The van der Waals surface area contributed by atoms with Gasteiger partial charge in [0, 0.05) is 11.8 Å². The Kier molecular flexibility index (Phi) is 5.65. The Hall–Kier alpha value is -3.26. The quantitative estimate of drug-likeness (QED) is 0.351. The number of esters is 1. The van der Waals surface area contributed by atoms with Gasteiger partial charge in [-0.25, -0.2) is 4.79 Å². The van der Waals surface area contributed by atoms with Gasteiger partial charge in [0.2, 0.25) is 0 Å². The van der Waals surface area contributed by atoms with E-state index in [9.17, 15) is 14.9 Å². The van der Waals surface area contributed by atoms with Gasteiger partial charge >= 0.3 is 5.97 Å². The molecule has 0 spiro atoms. The van der Waals surface area contributed by atoms with Crippen LogP contribution in [0, 0.1) is 24.0 Å². The van der Waals surface area contributed by atoms with E-state index in [2.05, 4.69) is 5.32 Å². The number of nitrogens with one attached hydrogen (secondary N) is 1. The van der Waals surface area contributed by atoms with Crippen LogP contribution in [-0.4, -0.2) is 23.1 Å². The molecule has 0 saturated carbocycles. The van der Waals surface area contributed by atoms with Crippen LogP contribution in [0.5, 0.6) is 0 Å². The van der Waals surface area contributed by atoms with Crippen LogP contribution < -0.4 is 10.2 Å². The summed E-state index contributed by atoms with van der Waals surface area (Å²) in [5.41, 5.74) is 3.95. The first kappa shape index (κ1) is 20.5. The number of rotatable bonds is 4. The molecule has 1 aliphatic heterocycles. The molecule has 0 radical (unpaired) electrons. The van der Waals surface area contributed by atoms with Crippen LogP contribution >= 0.6 is 12.2 Å². The minimum atomic E-state index is -0.794. The summed E-state index contributed by atoms with van der Waals surface area (Å²) in [7, 11) is 1.29. The number of carbonyl (C=O) groups excluding carboxylic acids is 1. The summed E-state index contributed by atoms with van der Waals surface area (Å²) in [5, 5.41) is 15.0. The van der Waals surface area contributed by atoms with Gasteiger partial charge < -0.3 is 10.1 Å². The minimum Gasteiger partial charge on any atom is -0.466 e. The molecule has 0 aliphatic carbocycles. The summed E-state index contributed by atoms with van der Waals surface area (Å²) in [6.45, 7) is 5.69. The van der Waals surface area contributed by atoms with Gasteiger partial charge in [0.1, 0.15) is 0 Å². The molecule has 1 aliphatic rings. The van der Waals surface area contributed by atoms with Crippen molar-refractivity contribution in [3.8, 4) is 0 Å². The van der Waals surface area contributed by atoms with E-state index in [0.29, 0.717) is 16.4 Å². The maximum absolute atomic E-state index is 12.7. The fourth-order valence-electron chi connectivity index (χ4n) is 3.50. The number of para-hydroxylation sites is 1. The molecule has 1 unspecified atom stereocenters. The van der Waals surface area contributed by atoms with Gasteiger partial charge in [0.05, 0.1) is 34.9 Å². The number of nitro groups is 1. The average Bonchev–Trinajstić information content (AvgIpc) is 2.69. The Morgan fingerprint density at radius 3 is 2.55 bits per heavy atom. The zero-order valence-corrected chi connectivity index (χ0v) is 17.4. The third-order valence-corrected chi connectivity index (χ3v) is 5.24. The Morgan fingerprint density at radius 1 is 1.21 bits per heavy atom. The topological polar surface area (TPSA) is 84.7 Å². The zero-order valence-electron chi connectivity index (χ0n) is 16.6. The van der Waals surface area contributed by atoms with Gasteiger partial charge in [-0.05, 0) is 56.2 Å². The first-order chi connectivity index (χ1) is 13.8. The first-order valence-electron chi connectivity index (χ1n) is 8.96. The highest BCUT2D eigenvalue weighted by atomic mass is 32.1. The summed E-state index contributed by atoms with van der Waals surface area (Å²) in [5.74, 6) is -0.573. The van der Waals surface area contributed by atoms with Crippen molar-refractivity contribution < 1.29 is 14.5 Å². The van der Waals surface area contributed by atoms with Crippen molar-refractivity contribution in [2.75, 3.05) is 12.0 Å².